The molecule has 0 spiro atoms. The quantitative estimate of drug-likeness (QED) is 0.471. The molecule has 4 rings (SSSR count). The molecule has 0 saturated carbocycles. The van der Waals surface area contributed by atoms with Crippen molar-refractivity contribution in [3.8, 4) is 11.5 Å². The summed E-state index contributed by atoms with van der Waals surface area (Å²) < 4.78 is 13.4. The second-order valence-electron chi connectivity index (χ2n) is 7.30. The molecule has 0 aliphatic carbocycles. The van der Waals surface area contributed by atoms with Gasteiger partial charge in [0.1, 0.15) is 0 Å². The molecule has 30 heavy (non-hydrogen) atoms. The van der Waals surface area contributed by atoms with E-state index in [1.165, 1.54) is 11.8 Å². The summed E-state index contributed by atoms with van der Waals surface area (Å²) >= 11 is 13.7. The van der Waals surface area contributed by atoms with Gasteiger partial charge >= 0.3 is 0 Å². The van der Waals surface area contributed by atoms with Crippen LogP contribution in [0.4, 0.5) is 5.95 Å². The number of halogens is 2. The van der Waals surface area contributed by atoms with Crippen LogP contribution in [0.25, 0.3) is 11.5 Å². The number of rotatable bonds is 7. The first-order chi connectivity index (χ1) is 14.5. The Morgan fingerprint density at radius 1 is 1.10 bits per heavy atom. The molecule has 11 heteroatoms. The molecule has 1 aliphatic rings. The molecule has 0 N–H and O–H groups in total. The number of ether oxygens (including phenoxy) is 1. The summed E-state index contributed by atoms with van der Waals surface area (Å²) in [5.74, 6) is 2.69. The van der Waals surface area contributed by atoms with E-state index in [1.54, 1.807) is 18.2 Å². The highest BCUT2D eigenvalue weighted by atomic mass is 35.5. The fourth-order valence-corrected chi connectivity index (χ4v) is 4.39. The van der Waals surface area contributed by atoms with Crippen LogP contribution in [0.2, 0.25) is 10.0 Å². The first-order valence-electron chi connectivity index (χ1n) is 9.67. The maximum Gasteiger partial charge on any atom is 0.249 e. The van der Waals surface area contributed by atoms with E-state index < -0.39 is 0 Å². The number of hydrogen-bond acceptors (Lipinski definition) is 8. The fourth-order valence-electron chi connectivity index (χ4n) is 3.12. The van der Waals surface area contributed by atoms with E-state index in [-0.39, 0.29) is 0 Å². The third kappa shape index (κ3) is 4.91. The van der Waals surface area contributed by atoms with Crippen molar-refractivity contribution in [2.24, 2.45) is 5.92 Å². The van der Waals surface area contributed by atoms with Gasteiger partial charge in [-0.25, -0.2) is 0 Å². The zero-order chi connectivity index (χ0) is 21.1. The minimum atomic E-state index is 0.366. The minimum Gasteiger partial charge on any atom is -0.420 e. The van der Waals surface area contributed by atoms with E-state index in [0.29, 0.717) is 52.3 Å². The van der Waals surface area contributed by atoms with Crippen molar-refractivity contribution in [2.45, 2.75) is 31.3 Å². The van der Waals surface area contributed by atoms with Crippen molar-refractivity contribution in [3.63, 3.8) is 0 Å². The lowest BCUT2D eigenvalue weighted by atomic mass is 10.2. The lowest BCUT2D eigenvalue weighted by molar-refractivity contribution is 0.121. The van der Waals surface area contributed by atoms with Crippen LogP contribution in [0.5, 0.6) is 0 Å². The van der Waals surface area contributed by atoms with Crippen molar-refractivity contribution >= 4 is 40.9 Å². The van der Waals surface area contributed by atoms with E-state index in [4.69, 9.17) is 32.4 Å². The molecular weight excluding hydrogens is 447 g/mol. The molecule has 0 bridgehead atoms. The first kappa shape index (κ1) is 21.4. The van der Waals surface area contributed by atoms with Crippen LogP contribution in [0.3, 0.4) is 0 Å². The number of aromatic nitrogens is 5. The van der Waals surface area contributed by atoms with Crippen molar-refractivity contribution in [2.75, 3.05) is 31.2 Å². The van der Waals surface area contributed by atoms with Crippen LogP contribution in [0, 0.1) is 5.92 Å². The standard InChI is InChI=1S/C19H22Cl2N6O2S/c1-12(2)10-27-18(26-5-7-28-8-6-26)24-25-19(27)30-11-16-22-23-17(29-16)14-4-3-13(20)9-15(14)21/h3-4,9,12H,5-8,10-11H2,1-2H3. The Balaban J connectivity index is 1.49. The Kier molecular flexibility index (Phi) is 6.82. The highest BCUT2D eigenvalue weighted by molar-refractivity contribution is 7.98. The number of morpholine rings is 1. The Morgan fingerprint density at radius 3 is 2.63 bits per heavy atom. The number of thioether (sulfide) groups is 1. The molecule has 0 unspecified atom stereocenters. The molecule has 0 radical (unpaired) electrons. The molecule has 1 fully saturated rings. The van der Waals surface area contributed by atoms with Crippen molar-refractivity contribution in [1.29, 1.82) is 0 Å². The van der Waals surface area contributed by atoms with Crippen LogP contribution in [0.1, 0.15) is 19.7 Å². The Labute approximate surface area is 188 Å². The average Bonchev–Trinajstić information content (AvgIpc) is 3.34. The smallest absolute Gasteiger partial charge is 0.249 e. The van der Waals surface area contributed by atoms with Gasteiger partial charge in [0.15, 0.2) is 5.16 Å². The van der Waals surface area contributed by atoms with Crippen molar-refractivity contribution in [3.05, 3.63) is 34.1 Å². The molecule has 0 amide bonds. The predicted octanol–water partition coefficient (Wildman–Crippen LogP) is 4.42. The third-order valence-corrected chi connectivity index (χ3v) is 5.99. The molecule has 1 aliphatic heterocycles. The monoisotopic (exact) mass is 468 g/mol. The predicted molar refractivity (Wildman–Crippen MR) is 117 cm³/mol. The summed E-state index contributed by atoms with van der Waals surface area (Å²) in [7, 11) is 0. The third-order valence-electron chi connectivity index (χ3n) is 4.49. The van der Waals surface area contributed by atoms with E-state index >= 15 is 0 Å². The molecule has 0 atom stereocenters. The molecule has 3 aromatic rings. The lowest BCUT2D eigenvalue weighted by Crippen LogP contribution is -2.38. The van der Waals surface area contributed by atoms with Crippen LogP contribution < -0.4 is 4.90 Å². The maximum atomic E-state index is 6.24. The zero-order valence-electron chi connectivity index (χ0n) is 16.7. The molecular formula is C19H22Cl2N6O2S. The maximum absolute atomic E-state index is 6.24. The minimum absolute atomic E-state index is 0.366. The van der Waals surface area contributed by atoms with Crippen LogP contribution in [-0.4, -0.2) is 51.3 Å². The summed E-state index contributed by atoms with van der Waals surface area (Å²) in [4.78, 5) is 2.22. The second kappa shape index (κ2) is 9.55. The van der Waals surface area contributed by atoms with Gasteiger partial charge in [0.25, 0.3) is 0 Å². The SMILES string of the molecule is CC(C)Cn1c(SCc2nnc(-c3ccc(Cl)cc3Cl)o2)nnc1N1CCOCC1. The van der Waals surface area contributed by atoms with E-state index in [0.717, 1.165) is 30.7 Å². The summed E-state index contributed by atoms with van der Waals surface area (Å²) in [5.41, 5.74) is 0.655. The normalized spacial score (nSPS) is 14.6. The van der Waals surface area contributed by atoms with Gasteiger partial charge in [0, 0.05) is 24.7 Å². The van der Waals surface area contributed by atoms with Gasteiger partial charge < -0.3 is 14.1 Å². The van der Waals surface area contributed by atoms with Gasteiger partial charge in [-0.05, 0) is 24.1 Å². The van der Waals surface area contributed by atoms with E-state index in [1.807, 2.05) is 0 Å². The van der Waals surface area contributed by atoms with Crippen molar-refractivity contribution in [1.82, 2.24) is 25.0 Å². The van der Waals surface area contributed by atoms with E-state index in [2.05, 4.69) is 43.7 Å². The van der Waals surface area contributed by atoms with Gasteiger partial charge in [-0.2, -0.15) is 0 Å². The Hall–Kier alpha value is -1.81. The number of hydrogen-bond donors (Lipinski definition) is 0. The summed E-state index contributed by atoms with van der Waals surface area (Å²) in [6.07, 6.45) is 0. The fraction of sp³-hybridized carbons (Fsp3) is 0.474. The second-order valence-corrected chi connectivity index (χ2v) is 9.09. The summed E-state index contributed by atoms with van der Waals surface area (Å²) in [6, 6.07) is 5.16. The van der Waals surface area contributed by atoms with Gasteiger partial charge in [-0.3, -0.25) is 4.57 Å². The Morgan fingerprint density at radius 2 is 1.90 bits per heavy atom. The summed E-state index contributed by atoms with van der Waals surface area (Å²) in [6.45, 7) is 8.22. The number of benzene rings is 1. The van der Waals surface area contributed by atoms with Gasteiger partial charge in [-0.15, -0.1) is 20.4 Å². The summed E-state index contributed by atoms with van der Waals surface area (Å²) in [5, 5.41) is 19.0. The van der Waals surface area contributed by atoms with Gasteiger partial charge in [0.05, 0.1) is 29.6 Å². The topological polar surface area (TPSA) is 82.1 Å². The first-order valence-corrected chi connectivity index (χ1v) is 11.4. The highest BCUT2D eigenvalue weighted by Crippen LogP contribution is 2.31. The van der Waals surface area contributed by atoms with E-state index in [9.17, 15) is 0 Å². The molecule has 1 saturated heterocycles. The van der Waals surface area contributed by atoms with Gasteiger partial charge in [-0.1, -0.05) is 48.8 Å². The molecule has 2 aromatic heterocycles. The largest absolute Gasteiger partial charge is 0.420 e. The lowest BCUT2D eigenvalue weighted by Gasteiger charge is -2.28. The molecule has 1 aromatic carbocycles. The van der Waals surface area contributed by atoms with Gasteiger partial charge in [0.2, 0.25) is 17.7 Å². The molecule has 160 valence electrons. The van der Waals surface area contributed by atoms with Crippen LogP contribution >= 0.6 is 35.0 Å². The number of nitrogens with zero attached hydrogens (tertiary/aromatic N) is 6. The van der Waals surface area contributed by atoms with Crippen LogP contribution in [-0.2, 0) is 17.0 Å². The molecule has 8 nitrogen and oxygen atoms in total. The van der Waals surface area contributed by atoms with Crippen LogP contribution in [0.15, 0.2) is 27.8 Å². The highest BCUT2D eigenvalue weighted by Gasteiger charge is 2.22. The number of anilines is 1. The average molecular weight is 469 g/mol. The van der Waals surface area contributed by atoms with Crippen molar-refractivity contribution < 1.29 is 9.15 Å². The molecule has 3 heterocycles. The zero-order valence-corrected chi connectivity index (χ0v) is 19.0. The Bertz CT molecular complexity index is 1000.